The fourth-order valence-electron chi connectivity index (χ4n) is 4.49. The van der Waals surface area contributed by atoms with Gasteiger partial charge in [0.2, 0.25) is 0 Å². The highest BCUT2D eigenvalue weighted by Crippen LogP contribution is 2.42. The predicted octanol–water partition coefficient (Wildman–Crippen LogP) is -0.917. The van der Waals surface area contributed by atoms with Crippen LogP contribution in [0, 0.1) is 12.3 Å². The average molecular weight is 408 g/mol. The first kappa shape index (κ1) is 20.0. The van der Waals surface area contributed by atoms with Crippen LogP contribution in [0.25, 0.3) is 0 Å². The number of rotatable bonds is 5. The summed E-state index contributed by atoms with van der Waals surface area (Å²) in [4.78, 5) is 12.5. The Kier molecular flexibility index (Phi) is 6.67. The van der Waals surface area contributed by atoms with Crippen molar-refractivity contribution in [3.63, 3.8) is 0 Å². The lowest BCUT2D eigenvalue weighted by molar-refractivity contribution is -0.943. The molecule has 2 bridgehead atoms. The van der Waals surface area contributed by atoms with Crippen molar-refractivity contribution < 1.29 is 36.1 Å². The largest absolute Gasteiger partial charge is 1.00 e. The number of hydrogen-bond donors (Lipinski definition) is 1. The molecule has 25 heavy (non-hydrogen) atoms. The van der Waals surface area contributed by atoms with Crippen molar-refractivity contribution in [3.05, 3.63) is 35.9 Å². The van der Waals surface area contributed by atoms with Gasteiger partial charge in [-0.1, -0.05) is 30.3 Å². The van der Waals surface area contributed by atoms with E-state index in [-0.39, 0.29) is 35.7 Å². The molecule has 136 valence electrons. The number of esters is 1. The zero-order valence-corrected chi connectivity index (χ0v) is 16.2. The monoisotopic (exact) mass is 407 g/mol. The van der Waals surface area contributed by atoms with E-state index in [1.165, 1.54) is 0 Å². The van der Waals surface area contributed by atoms with Crippen LogP contribution >= 0.6 is 0 Å². The lowest BCUT2D eigenvalue weighted by Crippen LogP contribution is -3.00. The van der Waals surface area contributed by atoms with E-state index in [0.717, 1.165) is 42.3 Å². The molecule has 5 atom stereocenters. The predicted molar refractivity (Wildman–Crippen MR) is 92.1 cm³/mol. The number of terminal acetylenes is 1. The molecule has 5 heteroatoms. The number of aliphatic hydroxyl groups excluding tert-OH is 1. The summed E-state index contributed by atoms with van der Waals surface area (Å²) < 4.78 is 6.71. The first-order valence-corrected chi connectivity index (χ1v) is 8.73. The molecule has 0 aliphatic carbocycles. The molecule has 2 heterocycles. The van der Waals surface area contributed by atoms with Crippen LogP contribution in [0.1, 0.15) is 37.2 Å². The topological polar surface area (TPSA) is 46.5 Å². The van der Waals surface area contributed by atoms with Gasteiger partial charge in [-0.15, -0.1) is 6.42 Å². The molecule has 0 aromatic heterocycles. The highest BCUT2D eigenvalue weighted by Gasteiger charge is 2.52. The number of aliphatic hydroxyl groups is 1. The first-order valence-electron chi connectivity index (χ1n) is 8.73. The lowest BCUT2D eigenvalue weighted by atomic mass is 9.96. The zero-order chi connectivity index (χ0) is 17.2. The van der Waals surface area contributed by atoms with Crippen molar-refractivity contribution in [2.45, 2.75) is 49.8 Å². The number of nitrogens with zero attached hydrogens (tertiary/aromatic N) is 1. The molecule has 1 aromatic rings. The lowest BCUT2D eigenvalue weighted by Gasteiger charge is -2.45. The molecule has 0 spiro atoms. The van der Waals surface area contributed by atoms with Gasteiger partial charge in [-0.05, 0) is 11.5 Å². The zero-order valence-electron chi connectivity index (χ0n) is 14.6. The van der Waals surface area contributed by atoms with Crippen molar-refractivity contribution in [1.82, 2.24) is 0 Å². The molecule has 1 N–H and O–H groups in total. The normalized spacial score (nSPS) is 31.5. The van der Waals surface area contributed by atoms with Crippen LogP contribution in [0.2, 0.25) is 0 Å². The van der Waals surface area contributed by atoms with Crippen LogP contribution in [0.5, 0.6) is 0 Å². The van der Waals surface area contributed by atoms with E-state index in [1.807, 2.05) is 30.3 Å². The van der Waals surface area contributed by atoms with E-state index in [1.54, 1.807) is 0 Å². The number of ether oxygens (including phenoxy) is 1. The average Bonchev–Trinajstić information content (AvgIpc) is 2.75. The minimum atomic E-state index is -0.600. The summed E-state index contributed by atoms with van der Waals surface area (Å²) in [6.45, 7) is 0.520. The number of carbonyl (C=O) groups excluding carboxylic acids is 1. The summed E-state index contributed by atoms with van der Waals surface area (Å²) in [5.41, 5.74) is 0.803. The van der Waals surface area contributed by atoms with Gasteiger partial charge >= 0.3 is 5.97 Å². The van der Waals surface area contributed by atoms with Gasteiger partial charge in [-0.25, -0.2) is 0 Å². The molecule has 2 aliphatic rings. The third kappa shape index (κ3) is 3.92. The van der Waals surface area contributed by atoms with Crippen LogP contribution in [0.15, 0.2) is 30.3 Å². The summed E-state index contributed by atoms with van der Waals surface area (Å²) in [5.74, 6) is 1.90. The van der Waals surface area contributed by atoms with Crippen molar-refractivity contribution in [2.24, 2.45) is 0 Å². The first-order chi connectivity index (χ1) is 11.6. The Morgan fingerprint density at radius 2 is 1.92 bits per heavy atom. The Morgan fingerprint density at radius 3 is 2.44 bits per heavy atom. The van der Waals surface area contributed by atoms with Crippen molar-refractivity contribution >= 4 is 5.97 Å². The number of halogens is 1. The van der Waals surface area contributed by atoms with E-state index in [2.05, 4.69) is 13.0 Å². The van der Waals surface area contributed by atoms with E-state index in [0.29, 0.717) is 12.1 Å². The van der Waals surface area contributed by atoms with Gasteiger partial charge < -0.3 is 31.3 Å². The number of benzene rings is 1. The molecule has 2 saturated heterocycles. The number of fused-ring (bicyclic) bond motifs is 2. The summed E-state index contributed by atoms with van der Waals surface area (Å²) in [7, 11) is 2.24. The van der Waals surface area contributed by atoms with Gasteiger partial charge in [-0.2, -0.15) is 0 Å². The van der Waals surface area contributed by atoms with Crippen LogP contribution in [0.4, 0.5) is 0 Å². The highest BCUT2D eigenvalue weighted by molar-refractivity contribution is 5.78. The second-order valence-corrected chi connectivity index (χ2v) is 7.27. The molecule has 3 rings (SSSR count). The molecule has 0 saturated carbocycles. The number of piperidine rings is 1. The molecular weight excluding hydrogens is 382 g/mol. The van der Waals surface area contributed by atoms with E-state index < -0.39 is 5.92 Å². The SMILES string of the molecule is C#CC[N+]1(C)[C@@H]2CC[C@H]1CC(OC(=O)C(CO)c1ccccc1)C2.[Br-]. The Balaban J connectivity index is 0.00000225. The molecule has 0 amide bonds. The van der Waals surface area contributed by atoms with E-state index >= 15 is 0 Å². The standard InChI is InChI=1S/C20H26NO3.BrH/c1-3-11-21(2)16-9-10-17(21)13-18(12-16)24-20(23)19(14-22)15-7-5-4-6-8-15;/h1,4-8,16-19,22H,9-14H2,2H3;1H/q+1;/p-1/t16-,17+,18?,19?,21?;. The van der Waals surface area contributed by atoms with Gasteiger partial charge in [0.05, 0.1) is 25.7 Å². The quantitative estimate of drug-likeness (QED) is 0.390. The van der Waals surface area contributed by atoms with Crippen molar-refractivity contribution in [2.75, 3.05) is 20.2 Å². The molecule has 0 radical (unpaired) electrons. The third-order valence-electron chi connectivity index (χ3n) is 5.96. The Morgan fingerprint density at radius 1 is 1.32 bits per heavy atom. The smallest absolute Gasteiger partial charge is 0.316 e. The van der Waals surface area contributed by atoms with E-state index in [9.17, 15) is 9.90 Å². The molecule has 3 unspecified atom stereocenters. The Bertz CT molecular complexity index is 614. The minimum Gasteiger partial charge on any atom is -1.00 e. The summed E-state index contributed by atoms with van der Waals surface area (Å²) in [6, 6.07) is 10.3. The number of hydrogen-bond acceptors (Lipinski definition) is 3. The Hall–Kier alpha value is -1.35. The summed E-state index contributed by atoms with van der Waals surface area (Å²) >= 11 is 0. The molecule has 4 nitrogen and oxygen atoms in total. The minimum absolute atomic E-state index is 0. The number of carbonyl (C=O) groups is 1. The second-order valence-electron chi connectivity index (χ2n) is 7.27. The van der Waals surface area contributed by atoms with Crippen LogP contribution in [0.3, 0.4) is 0 Å². The van der Waals surface area contributed by atoms with Gasteiger partial charge in [0.1, 0.15) is 18.6 Å². The van der Waals surface area contributed by atoms with Crippen LogP contribution in [-0.4, -0.2) is 53.9 Å². The van der Waals surface area contributed by atoms with E-state index in [4.69, 9.17) is 11.2 Å². The maximum atomic E-state index is 12.5. The third-order valence-corrected chi connectivity index (χ3v) is 5.96. The Labute approximate surface area is 160 Å². The van der Waals surface area contributed by atoms with Crippen LogP contribution in [-0.2, 0) is 9.53 Å². The molecule has 2 fully saturated rings. The maximum Gasteiger partial charge on any atom is 0.316 e. The summed E-state index contributed by atoms with van der Waals surface area (Å²) in [6.07, 6.45) is 9.54. The van der Waals surface area contributed by atoms with Gasteiger partial charge in [0.15, 0.2) is 0 Å². The van der Waals surface area contributed by atoms with Crippen LogP contribution < -0.4 is 17.0 Å². The van der Waals surface area contributed by atoms with Crippen molar-refractivity contribution in [1.29, 1.82) is 0 Å². The molecule has 1 aromatic carbocycles. The maximum absolute atomic E-state index is 12.5. The molecular formula is C20H26BrNO3. The summed E-state index contributed by atoms with van der Waals surface area (Å²) in [5, 5.41) is 9.62. The van der Waals surface area contributed by atoms with Crippen molar-refractivity contribution in [3.8, 4) is 12.3 Å². The molecule has 2 aliphatic heterocycles. The highest BCUT2D eigenvalue weighted by atomic mass is 79.9. The number of quaternary nitrogens is 1. The second kappa shape index (κ2) is 8.35. The van der Waals surface area contributed by atoms with Gasteiger partial charge in [-0.3, -0.25) is 4.79 Å². The fraction of sp³-hybridized carbons (Fsp3) is 0.550. The van der Waals surface area contributed by atoms with Gasteiger partial charge in [0, 0.05) is 25.7 Å². The fourth-order valence-corrected chi connectivity index (χ4v) is 4.49. The van der Waals surface area contributed by atoms with Gasteiger partial charge in [0.25, 0.3) is 0 Å².